The fourth-order valence-corrected chi connectivity index (χ4v) is 1.27. The van der Waals surface area contributed by atoms with Crippen molar-refractivity contribution in [1.29, 1.82) is 5.26 Å². The minimum absolute atomic E-state index is 0.294. The van der Waals surface area contributed by atoms with Crippen molar-refractivity contribution < 1.29 is 4.74 Å². The van der Waals surface area contributed by atoms with Gasteiger partial charge >= 0.3 is 0 Å². The van der Waals surface area contributed by atoms with Crippen LogP contribution in [0.3, 0.4) is 0 Å². The Hall–Kier alpha value is -1.41. The molecule has 0 atom stereocenters. The second kappa shape index (κ2) is 5.35. The average molecular weight is 194 g/mol. The van der Waals surface area contributed by atoms with Gasteiger partial charge in [0.1, 0.15) is 5.69 Å². The normalized spacial score (nSPS) is 10.1. The Morgan fingerprint density at radius 3 is 2.93 bits per heavy atom. The summed E-state index contributed by atoms with van der Waals surface area (Å²) >= 11 is 0. The van der Waals surface area contributed by atoms with Crippen LogP contribution in [-0.2, 0) is 24.3 Å². The van der Waals surface area contributed by atoms with E-state index in [4.69, 9.17) is 10.00 Å². The molecule has 5 nitrogen and oxygen atoms in total. The maximum Gasteiger partial charge on any atom is 0.102 e. The third-order valence-corrected chi connectivity index (χ3v) is 1.88. The van der Waals surface area contributed by atoms with E-state index in [1.165, 1.54) is 0 Å². The highest BCUT2D eigenvalue weighted by Gasteiger charge is 2.11. The fourth-order valence-electron chi connectivity index (χ4n) is 1.27. The van der Waals surface area contributed by atoms with Crippen LogP contribution < -0.4 is 0 Å². The summed E-state index contributed by atoms with van der Waals surface area (Å²) in [6.07, 6.45) is 1.29. The molecule has 0 aromatic carbocycles. The zero-order chi connectivity index (χ0) is 10.4. The molecule has 0 N–H and O–H groups in total. The summed E-state index contributed by atoms with van der Waals surface area (Å²) in [5, 5.41) is 16.5. The van der Waals surface area contributed by atoms with Crippen LogP contribution in [0.5, 0.6) is 0 Å². The van der Waals surface area contributed by atoms with Gasteiger partial charge in [0.15, 0.2) is 0 Å². The monoisotopic (exact) mass is 194 g/mol. The molecule has 0 bridgehead atoms. The summed E-state index contributed by atoms with van der Waals surface area (Å²) in [6.45, 7) is 3.35. The van der Waals surface area contributed by atoms with E-state index in [1.54, 1.807) is 11.8 Å². The lowest BCUT2D eigenvalue weighted by molar-refractivity contribution is 0.175. The molecular formula is C9H14N4O. The van der Waals surface area contributed by atoms with Crippen molar-refractivity contribution in [2.75, 3.05) is 7.11 Å². The SMILES string of the molecule is CCCn1nnc(CC#N)c1COC. The summed E-state index contributed by atoms with van der Waals surface area (Å²) in [5.41, 5.74) is 1.64. The molecule has 1 rings (SSSR count). The smallest absolute Gasteiger partial charge is 0.102 e. The first-order valence-corrected chi connectivity index (χ1v) is 4.60. The Morgan fingerprint density at radius 1 is 1.57 bits per heavy atom. The molecule has 1 aromatic heterocycles. The number of methoxy groups -OCH3 is 1. The van der Waals surface area contributed by atoms with Gasteiger partial charge in [-0.3, -0.25) is 0 Å². The van der Waals surface area contributed by atoms with Crippen LogP contribution in [0.15, 0.2) is 0 Å². The van der Waals surface area contributed by atoms with Crippen LogP contribution in [0.4, 0.5) is 0 Å². The van der Waals surface area contributed by atoms with Crippen molar-refractivity contribution in [1.82, 2.24) is 15.0 Å². The van der Waals surface area contributed by atoms with E-state index in [9.17, 15) is 0 Å². The second-order valence-electron chi connectivity index (χ2n) is 2.97. The lowest BCUT2D eigenvalue weighted by Crippen LogP contribution is -2.06. The third kappa shape index (κ3) is 2.30. The number of rotatable bonds is 5. The molecular weight excluding hydrogens is 180 g/mol. The number of aromatic nitrogens is 3. The summed E-state index contributed by atoms with van der Waals surface area (Å²) in [4.78, 5) is 0. The Bertz CT molecular complexity index is 326. The van der Waals surface area contributed by atoms with Gasteiger partial charge in [-0.1, -0.05) is 12.1 Å². The fraction of sp³-hybridized carbons (Fsp3) is 0.667. The molecule has 5 heteroatoms. The molecule has 76 valence electrons. The standard InChI is InChI=1S/C9H14N4O/c1-3-6-13-9(7-14-2)8(4-5-10)11-12-13/h3-4,6-7H2,1-2H3. The van der Waals surface area contributed by atoms with E-state index in [0.717, 1.165) is 24.4 Å². The lowest BCUT2D eigenvalue weighted by Gasteiger charge is -2.04. The average Bonchev–Trinajstić information content (AvgIpc) is 2.52. The molecule has 1 heterocycles. The Labute approximate surface area is 83.3 Å². The van der Waals surface area contributed by atoms with Crippen LogP contribution in [0.2, 0.25) is 0 Å². The maximum absolute atomic E-state index is 8.58. The zero-order valence-corrected chi connectivity index (χ0v) is 8.53. The van der Waals surface area contributed by atoms with Crippen LogP contribution in [0.1, 0.15) is 24.7 Å². The van der Waals surface area contributed by atoms with Gasteiger partial charge < -0.3 is 4.74 Å². The number of nitriles is 1. The van der Waals surface area contributed by atoms with Gasteiger partial charge in [-0.15, -0.1) is 5.10 Å². The largest absolute Gasteiger partial charge is 0.378 e. The van der Waals surface area contributed by atoms with Crippen LogP contribution >= 0.6 is 0 Å². The molecule has 0 aliphatic heterocycles. The molecule has 0 saturated heterocycles. The summed E-state index contributed by atoms with van der Waals surface area (Å²) in [6, 6.07) is 2.07. The van der Waals surface area contributed by atoms with Crippen molar-refractivity contribution >= 4 is 0 Å². The minimum Gasteiger partial charge on any atom is -0.378 e. The predicted molar refractivity (Wildman–Crippen MR) is 50.3 cm³/mol. The van der Waals surface area contributed by atoms with Gasteiger partial charge in [-0.2, -0.15) is 5.26 Å². The molecule has 0 aliphatic carbocycles. The predicted octanol–water partition coefficient (Wildman–Crippen LogP) is 0.901. The number of aryl methyl sites for hydroxylation is 1. The van der Waals surface area contributed by atoms with E-state index in [2.05, 4.69) is 23.3 Å². The number of hydrogen-bond acceptors (Lipinski definition) is 4. The molecule has 0 aliphatic rings. The first-order chi connectivity index (χ1) is 6.83. The molecule has 0 fully saturated rings. The van der Waals surface area contributed by atoms with Gasteiger partial charge in [-0.25, -0.2) is 4.68 Å². The molecule has 0 amide bonds. The molecule has 14 heavy (non-hydrogen) atoms. The summed E-state index contributed by atoms with van der Waals surface area (Å²) in [5.74, 6) is 0. The summed E-state index contributed by atoms with van der Waals surface area (Å²) < 4.78 is 6.85. The maximum atomic E-state index is 8.58. The third-order valence-electron chi connectivity index (χ3n) is 1.88. The van der Waals surface area contributed by atoms with Crippen LogP contribution in [0.25, 0.3) is 0 Å². The van der Waals surface area contributed by atoms with Gasteiger partial charge in [0.25, 0.3) is 0 Å². The van der Waals surface area contributed by atoms with E-state index < -0.39 is 0 Å². The van der Waals surface area contributed by atoms with Gasteiger partial charge in [-0.05, 0) is 6.42 Å². The van der Waals surface area contributed by atoms with Crippen LogP contribution in [0, 0.1) is 11.3 Å². The topological polar surface area (TPSA) is 63.7 Å². The minimum atomic E-state index is 0.294. The summed E-state index contributed by atoms with van der Waals surface area (Å²) in [7, 11) is 1.62. The lowest BCUT2D eigenvalue weighted by atomic mass is 10.2. The molecule has 0 unspecified atom stereocenters. The molecule has 0 radical (unpaired) electrons. The Balaban J connectivity index is 2.89. The van der Waals surface area contributed by atoms with Crippen LogP contribution in [-0.4, -0.2) is 22.1 Å². The Morgan fingerprint density at radius 2 is 2.36 bits per heavy atom. The van der Waals surface area contributed by atoms with E-state index >= 15 is 0 Å². The number of ether oxygens (including phenoxy) is 1. The van der Waals surface area contributed by atoms with E-state index in [-0.39, 0.29) is 0 Å². The zero-order valence-electron chi connectivity index (χ0n) is 8.53. The number of hydrogen-bond donors (Lipinski definition) is 0. The van der Waals surface area contributed by atoms with Crippen molar-refractivity contribution in [3.05, 3.63) is 11.4 Å². The Kier molecular flexibility index (Phi) is 4.08. The number of nitrogens with zero attached hydrogens (tertiary/aromatic N) is 4. The molecule has 0 spiro atoms. The quantitative estimate of drug-likeness (QED) is 0.698. The van der Waals surface area contributed by atoms with Gasteiger partial charge in [0.05, 0.1) is 24.8 Å². The van der Waals surface area contributed by atoms with Crippen molar-refractivity contribution in [2.45, 2.75) is 32.9 Å². The van der Waals surface area contributed by atoms with Crippen molar-refractivity contribution in [3.63, 3.8) is 0 Å². The highest BCUT2D eigenvalue weighted by molar-refractivity contribution is 5.13. The second-order valence-corrected chi connectivity index (χ2v) is 2.97. The first-order valence-electron chi connectivity index (χ1n) is 4.60. The van der Waals surface area contributed by atoms with Crippen molar-refractivity contribution in [2.24, 2.45) is 0 Å². The molecule has 1 aromatic rings. The first kappa shape index (κ1) is 10.7. The van der Waals surface area contributed by atoms with E-state index in [1.807, 2.05) is 0 Å². The van der Waals surface area contributed by atoms with E-state index in [0.29, 0.717) is 13.0 Å². The van der Waals surface area contributed by atoms with Gasteiger partial charge in [0.2, 0.25) is 0 Å². The molecule has 0 saturated carbocycles. The van der Waals surface area contributed by atoms with Crippen molar-refractivity contribution in [3.8, 4) is 6.07 Å². The highest BCUT2D eigenvalue weighted by Crippen LogP contribution is 2.08. The highest BCUT2D eigenvalue weighted by atomic mass is 16.5. The van der Waals surface area contributed by atoms with Gasteiger partial charge in [0, 0.05) is 13.7 Å².